The van der Waals surface area contributed by atoms with Gasteiger partial charge in [0.1, 0.15) is 0 Å². The molecule has 2 rings (SSSR count). The summed E-state index contributed by atoms with van der Waals surface area (Å²) in [5, 5.41) is 0. The minimum absolute atomic E-state index is 0.422. The maximum atomic E-state index is 6.04. The summed E-state index contributed by atoms with van der Waals surface area (Å²) in [5.41, 5.74) is 0. The molecule has 2 heterocycles. The lowest BCUT2D eigenvalue weighted by atomic mass is 10.1. The Morgan fingerprint density at radius 1 is 0.727 bits per heavy atom. The highest BCUT2D eigenvalue weighted by molar-refractivity contribution is 4.79. The monoisotopic (exact) mass is 312 g/mol. The Kier molecular flexibility index (Phi) is 7.61. The molecule has 0 saturated carbocycles. The number of hydrogen-bond acceptors (Lipinski definition) is 4. The third-order valence-electron chi connectivity index (χ3n) is 5.19. The lowest BCUT2D eigenvalue weighted by Gasteiger charge is -2.30. The van der Waals surface area contributed by atoms with Crippen molar-refractivity contribution in [3.63, 3.8) is 0 Å². The molecule has 0 bridgehead atoms. The number of likely N-dealkylation sites (N-methyl/N-ethyl adjacent to an activating group) is 1. The molecule has 22 heavy (non-hydrogen) atoms. The second-order valence-corrected chi connectivity index (χ2v) is 7.08. The summed E-state index contributed by atoms with van der Waals surface area (Å²) < 4.78 is 12.1. The summed E-state index contributed by atoms with van der Waals surface area (Å²) in [6, 6.07) is 0. The third kappa shape index (κ3) is 5.80. The van der Waals surface area contributed by atoms with E-state index in [0.29, 0.717) is 24.4 Å². The Labute approximate surface area is 137 Å². The second-order valence-electron chi connectivity index (χ2n) is 7.08. The Hall–Kier alpha value is -0.160. The van der Waals surface area contributed by atoms with Gasteiger partial charge in [-0.1, -0.05) is 13.8 Å². The molecule has 2 aliphatic heterocycles. The molecular formula is C18H36N2O2. The average molecular weight is 312 g/mol. The summed E-state index contributed by atoms with van der Waals surface area (Å²) in [6.07, 6.45) is 6.58. The Balaban J connectivity index is 1.82. The van der Waals surface area contributed by atoms with E-state index in [2.05, 4.69) is 37.5 Å². The zero-order valence-corrected chi connectivity index (χ0v) is 15.1. The lowest BCUT2D eigenvalue weighted by molar-refractivity contribution is 0.000256. The highest BCUT2D eigenvalue weighted by Gasteiger charge is 2.28. The molecule has 4 heteroatoms. The van der Waals surface area contributed by atoms with Crippen molar-refractivity contribution in [2.24, 2.45) is 0 Å². The van der Waals surface area contributed by atoms with Crippen LogP contribution in [-0.4, -0.2) is 73.5 Å². The fourth-order valence-electron chi connectivity index (χ4n) is 3.69. The van der Waals surface area contributed by atoms with E-state index >= 15 is 0 Å². The van der Waals surface area contributed by atoms with Gasteiger partial charge >= 0.3 is 0 Å². The van der Waals surface area contributed by atoms with Gasteiger partial charge in [-0.2, -0.15) is 0 Å². The summed E-state index contributed by atoms with van der Waals surface area (Å²) in [5.74, 6) is 0. The van der Waals surface area contributed by atoms with Crippen LogP contribution in [-0.2, 0) is 9.47 Å². The predicted molar refractivity (Wildman–Crippen MR) is 91.4 cm³/mol. The Morgan fingerprint density at radius 3 is 1.55 bits per heavy atom. The van der Waals surface area contributed by atoms with Gasteiger partial charge in [-0.25, -0.2) is 0 Å². The standard InChI is InChI=1S/C18H36N2O2/c1-5-19(6-2)11-12-20(13-17-9-7-15(3)21-17)14-18-10-8-16(4)22-18/h15-18H,5-14H2,1-4H3. The molecule has 2 saturated heterocycles. The van der Waals surface area contributed by atoms with Crippen LogP contribution in [0.15, 0.2) is 0 Å². The van der Waals surface area contributed by atoms with Crippen LogP contribution in [0.3, 0.4) is 0 Å². The SMILES string of the molecule is CCN(CC)CCN(CC1CCC(C)O1)CC1CCC(C)O1. The minimum Gasteiger partial charge on any atom is -0.374 e. The van der Waals surface area contributed by atoms with Gasteiger partial charge in [-0.05, 0) is 52.6 Å². The fourth-order valence-corrected chi connectivity index (χ4v) is 3.69. The molecule has 130 valence electrons. The van der Waals surface area contributed by atoms with E-state index < -0.39 is 0 Å². The van der Waals surface area contributed by atoms with Gasteiger partial charge in [-0.3, -0.25) is 4.90 Å². The van der Waals surface area contributed by atoms with Crippen LogP contribution in [0.1, 0.15) is 53.4 Å². The highest BCUT2D eigenvalue weighted by Crippen LogP contribution is 2.23. The van der Waals surface area contributed by atoms with Crippen LogP contribution < -0.4 is 0 Å². The average Bonchev–Trinajstić information content (AvgIpc) is 3.08. The molecular weight excluding hydrogens is 276 g/mol. The van der Waals surface area contributed by atoms with Crippen LogP contribution >= 0.6 is 0 Å². The van der Waals surface area contributed by atoms with Crippen molar-refractivity contribution in [2.45, 2.75) is 77.8 Å². The van der Waals surface area contributed by atoms with E-state index in [1.165, 1.54) is 25.7 Å². The molecule has 0 aromatic rings. The molecule has 0 aliphatic carbocycles. The zero-order valence-electron chi connectivity index (χ0n) is 15.1. The van der Waals surface area contributed by atoms with E-state index in [0.717, 1.165) is 39.3 Å². The van der Waals surface area contributed by atoms with Crippen LogP contribution in [0.25, 0.3) is 0 Å². The van der Waals surface area contributed by atoms with Crippen LogP contribution in [0.5, 0.6) is 0 Å². The third-order valence-corrected chi connectivity index (χ3v) is 5.19. The van der Waals surface area contributed by atoms with Gasteiger partial charge < -0.3 is 14.4 Å². The van der Waals surface area contributed by atoms with Crippen LogP contribution in [0, 0.1) is 0 Å². The number of nitrogens with zero attached hydrogens (tertiary/aromatic N) is 2. The fraction of sp³-hybridized carbons (Fsp3) is 1.00. The van der Waals surface area contributed by atoms with Gasteiger partial charge in [0.05, 0.1) is 24.4 Å². The molecule has 0 N–H and O–H groups in total. The summed E-state index contributed by atoms with van der Waals surface area (Å²) in [4.78, 5) is 5.09. The highest BCUT2D eigenvalue weighted by atomic mass is 16.5. The number of hydrogen-bond donors (Lipinski definition) is 0. The van der Waals surface area contributed by atoms with Gasteiger partial charge in [0.15, 0.2) is 0 Å². The summed E-state index contributed by atoms with van der Waals surface area (Å²) in [6.45, 7) is 15.6. The van der Waals surface area contributed by atoms with Crippen LogP contribution in [0.2, 0.25) is 0 Å². The van der Waals surface area contributed by atoms with Crippen molar-refractivity contribution in [2.75, 3.05) is 39.3 Å². The molecule has 4 nitrogen and oxygen atoms in total. The first-order valence-corrected chi connectivity index (χ1v) is 9.36. The molecule has 0 aromatic carbocycles. The van der Waals surface area contributed by atoms with E-state index in [1.807, 2.05) is 0 Å². The van der Waals surface area contributed by atoms with E-state index in [-0.39, 0.29) is 0 Å². The van der Waals surface area contributed by atoms with Gasteiger partial charge in [-0.15, -0.1) is 0 Å². The Morgan fingerprint density at radius 2 is 1.18 bits per heavy atom. The van der Waals surface area contributed by atoms with Crippen molar-refractivity contribution in [1.82, 2.24) is 9.80 Å². The molecule has 0 aromatic heterocycles. The Bertz CT molecular complexity index is 287. The van der Waals surface area contributed by atoms with Gasteiger partial charge in [0.25, 0.3) is 0 Å². The van der Waals surface area contributed by atoms with Crippen molar-refractivity contribution in [3.8, 4) is 0 Å². The second kappa shape index (κ2) is 9.21. The van der Waals surface area contributed by atoms with Crippen molar-refractivity contribution < 1.29 is 9.47 Å². The molecule has 2 fully saturated rings. The molecule has 4 atom stereocenters. The van der Waals surface area contributed by atoms with Crippen LogP contribution in [0.4, 0.5) is 0 Å². The number of ether oxygens (including phenoxy) is 2. The van der Waals surface area contributed by atoms with Crippen molar-refractivity contribution >= 4 is 0 Å². The topological polar surface area (TPSA) is 24.9 Å². The molecule has 2 aliphatic rings. The molecule has 4 unspecified atom stereocenters. The van der Waals surface area contributed by atoms with E-state index in [1.54, 1.807) is 0 Å². The summed E-state index contributed by atoms with van der Waals surface area (Å²) in [7, 11) is 0. The molecule has 0 amide bonds. The summed E-state index contributed by atoms with van der Waals surface area (Å²) >= 11 is 0. The zero-order chi connectivity index (χ0) is 15.9. The quantitative estimate of drug-likeness (QED) is 0.653. The molecule has 0 radical (unpaired) electrons. The maximum absolute atomic E-state index is 6.04. The normalized spacial score (nSPS) is 32.5. The first-order chi connectivity index (χ1) is 10.6. The smallest absolute Gasteiger partial charge is 0.0706 e. The predicted octanol–water partition coefficient (Wildman–Crippen LogP) is 2.77. The number of rotatable bonds is 9. The minimum atomic E-state index is 0.422. The van der Waals surface area contributed by atoms with Gasteiger partial charge in [0, 0.05) is 26.2 Å². The lowest BCUT2D eigenvalue weighted by Crippen LogP contribution is -2.42. The van der Waals surface area contributed by atoms with Gasteiger partial charge in [0.2, 0.25) is 0 Å². The van der Waals surface area contributed by atoms with E-state index in [9.17, 15) is 0 Å². The molecule has 0 spiro atoms. The first kappa shape index (κ1) is 18.2. The van der Waals surface area contributed by atoms with Crippen molar-refractivity contribution in [3.05, 3.63) is 0 Å². The first-order valence-electron chi connectivity index (χ1n) is 9.36. The van der Waals surface area contributed by atoms with E-state index in [4.69, 9.17) is 9.47 Å². The van der Waals surface area contributed by atoms with Crippen molar-refractivity contribution in [1.29, 1.82) is 0 Å². The maximum Gasteiger partial charge on any atom is 0.0706 e. The largest absolute Gasteiger partial charge is 0.374 e.